The Morgan fingerprint density at radius 2 is 0.621 bits per heavy atom. The molecular formula is C52H96O6. The van der Waals surface area contributed by atoms with Crippen LogP contribution >= 0.6 is 0 Å². The minimum atomic E-state index is -0.764. The van der Waals surface area contributed by atoms with Gasteiger partial charge < -0.3 is 14.2 Å². The Balaban J connectivity index is 4.20. The van der Waals surface area contributed by atoms with Gasteiger partial charge in [0.05, 0.1) is 0 Å². The summed E-state index contributed by atoms with van der Waals surface area (Å²) in [6, 6.07) is 0. The normalized spacial score (nSPS) is 12.1. The number of rotatable bonds is 46. The van der Waals surface area contributed by atoms with Crippen LogP contribution in [-0.4, -0.2) is 37.2 Å². The van der Waals surface area contributed by atoms with Crippen molar-refractivity contribution in [2.45, 2.75) is 277 Å². The molecule has 0 aliphatic heterocycles. The van der Waals surface area contributed by atoms with Gasteiger partial charge in [0.1, 0.15) is 13.2 Å². The predicted molar refractivity (Wildman–Crippen MR) is 247 cm³/mol. The smallest absolute Gasteiger partial charge is 0.306 e. The van der Waals surface area contributed by atoms with Crippen molar-refractivity contribution in [3.05, 3.63) is 24.3 Å². The fraction of sp³-hybridized carbons (Fsp3) is 0.865. The second-order valence-corrected chi connectivity index (χ2v) is 17.1. The first-order valence-electron chi connectivity index (χ1n) is 25.3. The number of esters is 3. The summed E-state index contributed by atoms with van der Waals surface area (Å²) in [5.74, 6) is -0.867. The first-order valence-corrected chi connectivity index (χ1v) is 25.3. The fourth-order valence-corrected chi connectivity index (χ4v) is 7.36. The van der Waals surface area contributed by atoms with Crippen molar-refractivity contribution in [2.75, 3.05) is 13.2 Å². The van der Waals surface area contributed by atoms with Gasteiger partial charge in [-0.1, -0.05) is 225 Å². The standard InChI is InChI=1S/C52H96O6/c1-4-7-10-13-16-19-21-22-23-24-25-26-27-28-29-30-31-34-36-39-42-45-51(54)57-48-49(47-56-50(53)44-41-38-35-32-18-15-12-9-6-3)58-52(55)46-43-40-37-33-20-17-14-11-8-5-2/h21-22,24-25,49H,4-20,23,26-48H2,1-3H3/b22-21-,25-24-. The Labute approximate surface area is 360 Å². The Bertz CT molecular complexity index is 942. The van der Waals surface area contributed by atoms with Crippen LogP contribution in [0.4, 0.5) is 0 Å². The lowest BCUT2D eigenvalue weighted by Crippen LogP contribution is -2.30. The van der Waals surface area contributed by atoms with Gasteiger partial charge in [-0.05, 0) is 51.4 Å². The van der Waals surface area contributed by atoms with E-state index in [0.29, 0.717) is 19.3 Å². The fourth-order valence-electron chi connectivity index (χ4n) is 7.36. The van der Waals surface area contributed by atoms with Crippen LogP contribution < -0.4 is 0 Å². The molecule has 0 aliphatic carbocycles. The molecule has 0 aromatic heterocycles. The summed E-state index contributed by atoms with van der Waals surface area (Å²) in [6.45, 7) is 6.61. The van der Waals surface area contributed by atoms with Crippen molar-refractivity contribution in [3.63, 3.8) is 0 Å². The van der Waals surface area contributed by atoms with Gasteiger partial charge in [0.2, 0.25) is 0 Å². The van der Waals surface area contributed by atoms with Crippen LogP contribution in [0.3, 0.4) is 0 Å². The topological polar surface area (TPSA) is 78.9 Å². The molecule has 0 rings (SSSR count). The molecular weight excluding hydrogens is 721 g/mol. The number of unbranched alkanes of at least 4 members (excludes halogenated alkanes) is 31. The second-order valence-electron chi connectivity index (χ2n) is 17.1. The molecule has 0 spiro atoms. The van der Waals surface area contributed by atoms with Crippen LogP contribution in [0.2, 0.25) is 0 Å². The van der Waals surface area contributed by atoms with E-state index in [4.69, 9.17) is 14.2 Å². The zero-order valence-corrected chi connectivity index (χ0v) is 38.8. The molecule has 0 saturated heterocycles. The zero-order chi connectivity index (χ0) is 42.3. The average Bonchev–Trinajstić information content (AvgIpc) is 3.22. The van der Waals surface area contributed by atoms with Crippen molar-refractivity contribution in [1.82, 2.24) is 0 Å². The lowest BCUT2D eigenvalue weighted by Gasteiger charge is -2.18. The molecule has 6 heteroatoms. The minimum absolute atomic E-state index is 0.0685. The molecule has 0 radical (unpaired) electrons. The van der Waals surface area contributed by atoms with Crippen LogP contribution in [0.5, 0.6) is 0 Å². The molecule has 0 N–H and O–H groups in total. The van der Waals surface area contributed by atoms with E-state index in [9.17, 15) is 14.4 Å². The van der Waals surface area contributed by atoms with Gasteiger partial charge in [-0.15, -0.1) is 0 Å². The van der Waals surface area contributed by atoms with Crippen molar-refractivity contribution >= 4 is 17.9 Å². The van der Waals surface area contributed by atoms with Gasteiger partial charge in [0.25, 0.3) is 0 Å². The predicted octanol–water partition coefficient (Wildman–Crippen LogP) is 16.4. The van der Waals surface area contributed by atoms with Crippen LogP contribution in [0.1, 0.15) is 271 Å². The van der Waals surface area contributed by atoms with E-state index in [0.717, 1.165) is 64.2 Å². The molecule has 0 amide bonds. The number of allylic oxidation sites excluding steroid dienone is 4. The molecule has 340 valence electrons. The zero-order valence-electron chi connectivity index (χ0n) is 38.8. The second kappa shape index (κ2) is 47.6. The van der Waals surface area contributed by atoms with Gasteiger partial charge in [-0.3, -0.25) is 14.4 Å². The molecule has 0 bridgehead atoms. The Hall–Kier alpha value is -2.11. The third-order valence-corrected chi connectivity index (χ3v) is 11.2. The van der Waals surface area contributed by atoms with Crippen LogP contribution in [0.25, 0.3) is 0 Å². The maximum absolute atomic E-state index is 12.7. The van der Waals surface area contributed by atoms with Crippen molar-refractivity contribution in [3.8, 4) is 0 Å². The summed E-state index contributed by atoms with van der Waals surface area (Å²) in [7, 11) is 0. The lowest BCUT2D eigenvalue weighted by molar-refractivity contribution is -0.167. The largest absolute Gasteiger partial charge is 0.462 e. The van der Waals surface area contributed by atoms with Gasteiger partial charge in [-0.2, -0.15) is 0 Å². The van der Waals surface area contributed by atoms with E-state index >= 15 is 0 Å². The van der Waals surface area contributed by atoms with Crippen molar-refractivity contribution in [1.29, 1.82) is 0 Å². The van der Waals surface area contributed by atoms with E-state index < -0.39 is 6.10 Å². The molecule has 0 aromatic rings. The van der Waals surface area contributed by atoms with E-state index in [1.807, 2.05) is 0 Å². The maximum atomic E-state index is 12.7. The molecule has 6 nitrogen and oxygen atoms in total. The number of carbonyl (C=O) groups excluding carboxylic acids is 3. The average molecular weight is 817 g/mol. The summed E-state index contributed by atoms with van der Waals surface area (Å²) in [5.41, 5.74) is 0. The summed E-state index contributed by atoms with van der Waals surface area (Å²) in [4.78, 5) is 37.7. The van der Waals surface area contributed by atoms with E-state index in [1.165, 1.54) is 167 Å². The molecule has 0 fully saturated rings. The molecule has 58 heavy (non-hydrogen) atoms. The third kappa shape index (κ3) is 45.0. The summed E-state index contributed by atoms with van der Waals surface area (Å²) >= 11 is 0. The lowest BCUT2D eigenvalue weighted by atomic mass is 10.1. The third-order valence-electron chi connectivity index (χ3n) is 11.2. The SMILES string of the molecule is CCCCCCC/C=C\C/C=C\CCCCCCCCCCCC(=O)OCC(COC(=O)CCCCCCCCCCC)OC(=O)CCCCCCCCCCCC. The quantitative estimate of drug-likeness (QED) is 0.0263. The van der Waals surface area contributed by atoms with E-state index in [-0.39, 0.29) is 31.1 Å². The molecule has 1 atom stereocenters. The Morgan fingerprint density at radius 3 is 0.948 bits per heavy atom. The van der Waals surface area contributed by atoms with Gasteiger partial charge >= 0.3 is 17.9 Å². The Morgan fingerprint density at radius 1 is 0.345 bits per heavy atom. The number of ether oxygens (including phenoxy) is 3. The molecule has 0 heterocycles. The number of hydrogen-bond donors (Lipinski definition) is 0. The van der Waals surface area contributed by atoms with Crippen molar-refractivity contribution < 1.29 is 28.6 Å². The molecule has 0 aliphatic rings. The van der Waals surface area contributed by atoms with Gasteiger partial charge in [-0.25, -0.2) is 0 Å². The highest BCUT2D eigenvalue weighted by Gasteiger charge is 2.19. The molecule has 0 aromatic carbocycles. The summed E-state index contributed by atoms with van der Waals surface area (Å²) < 4.78 is 16.7. The summed E-state index contributed by atoms with van der Waals surface area (Å²) in [5, 5.41) is 0. The van der Waals surface area contributed by atoms with Crippen LogP contribution in [0, 0.1) is 0 Å². The summed E-state index contributed by atoms with van der Waals surface area (Å²) in [6.07, 6.45) is 53.1. The minimum Gasteiger partial charge on any atom is -0.462 e. The first-order chi connectivity index (χ1) is 28.5. The molecule has 1 unspecified atom stereocenters. The number of carbonyl (C=O) groups is 3. The van der Waals surface area contributed by atoms with E-state index in [2.05, 4.69) is 45.1 Å². The molecule has 0 saturated carbocycles. The number of hydrogen-bond acceptors (Lipinski definition) is 6. The Kier molecular flexibility index (Phi) is 45.8. The highest BCUT2D eigenvalue weighted by molar-refractivity contribution is 5.71. The highest BCUT2D eigenvalue weighted by atomic mass is 16.6. The van der Waals surface area contributed by atoms with Crippen molar-refractivity contribution in [2.24, 2.45) is 0 Å². The highest BCUT2D eigenvalue weighted by Crippen LogP contribution is 2.15. The first kappa shape index (κ1) is 55.9. The van der Waals surface area contributed by atoms with E-state index in [1.54, 1.807) is 0 Å². The monoisotopic (exact) mass is 817 g/mol. The van der Waals surface area contributed by atoms with Crippen LogP contribution in [0.15, 0.2) is 24.3 Å². The maximum Gasteiger partial charge on any atom is 0.306 e. The van der Waals surface area contributed by atoms with Crippen LogP contribution in [-0.2, 0) is 28.6 Å². The van der Waals surface area contributed by atoms with Gasteiger partial charge in [0.15, 0.2) is 6.10 Å². The van der Waals surface area contributed by atoms with Gasteiger partial charge in [0, 0.05) is 19.3 Å².